The fraction of sp³-hybridized carbons (Fsp3) is 0.682. The molecule has 1 aromatic rings. The number of hydrogen-bond donors (Lipinski definition) is 2. The molecule has 0 atom stereocenters. The van der Waals surface area contributed by atoms with Gasteiger partial charge in [0.05, 0.1) is 0 Å². The predicted octanol–water partition coefficient (Wildman–Crippen LogP) is 3.57. The molecule has 0 aromatic heterocycles. The Kier molecular flexibility index (Phi) is 10.5. The number of aliphatic imine (C=N–C) groups is 1. The second kappa shape index (κ2) is 12.3. The van der Waals surface area contributed by atoms with Gasteiger partial charge in [-0.25, -0.2) is 0 Å². The van der Waals surface area contributed by atoms with Gasteiger partial charge in [-0.1, -0.05) is 30.7 Å². The predicted molar refractivity (Wildman–Crippen MR) is 135 cm³/mol. The zero-order valence-electron chi connectivity index (χ0n) is 17.9. The van der Waals surface area contributed by atoms with E-state index in [0.29, 0.717) is 0 Å². The first-order valence-electron chi connectivity index (χ1n) is 10.8. The summed E-state index contributed by atoms with van der Waals surface area (Å²) >= 11 is 6.18. The van der Waals surface area contributed by atoms with Gasteiger partial charge in [-0.2, -0.15) is 0 Å². The normalized spacial score (nSPS) is 19.5. The molecule has 1 aromatic carbocycles. The number of piperazine rings is 1. The van der Waals surface area contributed by atoms with Gasteiger partial charge in [0.15, 0.2) is 5.96 Å². The maximum Gasteiger partial charge on any atom is 0.191 e. The van der Waals surface area contributed by atoms with Crippen LogP contribution < -0.4 is 10.6 Å². The third-order valence-electron chi connectivity index (χ3n) is 6.21. The molecule has 1 saturated carbocycles. The summed E-state index contributed by atoms with van der Waals surface area (Å²) in [5.41, 5.74) is 1.56. The summed E-state index contributed by atoms with van der Waals surface area (Å²) in [7, 11) is 1.85. The van der Waals surface area contributed by atoms with Crippen LogP contribution in [0.3, 0.4) is 0 Å². The summed E-state index contributed by atoms with van der Waals surface area (Å²) in [6, 6.07) is 8.29. The Labute approximate surface area is 198 Å². The van der Waals surface area contributed by atoms with Gasteiger partial charge in [-0.05, 0) is 56.5 Å². The van der Waals surface area contributed by atoms with E-state index in [-0.39, 0.29) is 29.4 Å². The van der Waals surface area contributed by atoms with Crippen LogP contribution in [0.4, 0.5) is 0 Å². The first-order valence-corrected chi connectivity index (χ1v) is 11.2. The summed E-state index contributed by atoms with van der Waals surface area (Å²) in [5.74, 6) is 0.907. The smallest absolute Gasteiger partial charge is 0.191 e. The maximum atomic E-state index is 6.18. The molecule has 29 heavy (non-hydrogen) atoms. The molecule has 1 aliphatic heterocycles. The molecule has 0 radical (unpaired) electrons. The van der Waals surface area contributed by atoms with Gasteiger partial charge in [0.25, 0.3) is 0 Å². The number of nitrogens with zero attached hydrogens (tertiary/aromatic N) is 3. The Morgan fingerprint density at radius 3 is 2.45 bits per heavy atom. The van der Waals surface area contributed by atoms with Gasteiger partial charge in [0.1, 0.15) is 0 Å². The summed E-state index contributed by atoms with van der Waals surface area (Å²) in [5, 5.41) is 7.82. The summed E-state index contributed by atoms with van der Waals surface area (Å²) < 4.78 is 0. The average molecular weight is 534 g/mol. The number of likely N-dealkylation sites (N-methyl/N-ethyl adjacent to an activating group) is 1. The molecule has 0 amide bonds. The van der Waals surface area contributed by atoms with Crippen molar-refractivity contribution in [1.29, 1.82) is 0 Å². The van der Waals surface area contributed by atoms with Crippen molar-refractivity contribution in [2.75, 3.05) is 59.4 Å². The van der Waals surface area contributed by atoms with E-state index in [0.717, 1.165) is 24.1 Å². The molecule has 1 aliphatic carbocycles. The molecular formula is C22H37ClIN5. The molecule has 0 unspecified atom stereocenters. The van der Waals surface area contributed by atoms with Crippen LogP contribution in [0.1, 0.15) is 38.2 Å². The molecular weight excluding hydrogens is 497 g/mol. The molecule has 2 fully saturated rings. The van der Waals surface area contributed by atoms with E-state index in [4.69, 9.17) is 11.6 Å². The van der Waals surface area contributed by atoms with Gasteiger partial charge < -0.3 is 20.4 Å². The van der Waals surface area contributed by atoms with E-state index in [9.17, 15) is 0 Å². The number of hydrogen-bond acceptors (Lipinski definition) is 3. The molecule has 2 aliphatic rings. The van der Waals surface area contributed by atoms with E-state index in [1.807, 2.05) is 19.2 Å². The third-order valence-corrected chi connectivity index (χ3v) is 6.45. The van der Waals surface area contributed by atoms with Gasteiger partial charge in [-0.15, -0.1) is 24.0 Å². The quantitative estimate of drug-likeness (QED) is 0.220. The zero-order valence-corrected chi connectivity index (χ0v) is 21.0. The summed E-state index contributed by atoms with van der Waals surface area (Å²) in [6.45, 7) is 11.4. The van der Waals surface area contributed by atoms with Crippen LogP contribution in [0.2, 0.25) is 5.02 Å². The van der Waals surface area contributed by atoms with Crippen molar-refractivity contribution in [3.8, 4) is 0 Å². The first-order chi connectivity index (χ1) is 13.6. The van der Waals surface area contributed by atoms with Crippen molar-refractivity contribution in [2.45, 2.75) is 38.0 Å². The molecule has 1 heterocycles. The van der Waals surface area contributed by atoms with Crippen LogP contribution in [-0.2, 0) is 5.41 Å². The van der Waals surface area contributed by atoms with Crippen LogP contribution in [0.5, 0.6) is 0 Å². The van der Waals surface area contributed by atoms with Crippen molar-refractivity contribution in [1.82, 2.24) is 20.4 Å². The van der Waals surface area contributed by atoms with Gasteiger partial charge in [0, 0.05) is 56.8 Å². The molecule has 7 heteroatoms. The van der Waals surface area contributed by atoms with Gasteiger partial charge in [0.2, 0.25) is 0 Å². The van der Waals surface area contributed by atoms with Crippen molar-refractivity contribution in [3.63, 3.8) is 0 Å². The van der Waals surface area contributed by atoms with Gasteiger partial charge >= 0.3 is 0 Å². The highest BCUT2D eigenvalue weighted by Crippen LogP contribution is 2.48. The largest absolute Gasteiger partial charge is 0.356 e. The van der Waals surface area contributed by atoms with Crippen LogP contribution in [0, 0.1) is 0 Å². The van der Waals surface area contributed by atoms with Gasteiger partial charge in [-0.3, -0.25) is 4.99 Å². The SMILES string of the molecule is CCN1CCN(CCCCNC(=NC)NCC2(c3cccc(Cl)c3)CC2)CC1.I. The Balaban J connectivity index is 0.00000300. The second-order valence-electron chi connectivity index (χ2n) is 8.13. The lowest BCUT2D eigenvalue weighted by Crippen LogP contribution is -2.46. The van der Waals surface area contributed by atoms with Crippen LogP contribution in [0.25, 0.3) is 0 Å². The van der Waals surface area contributed by atoms with Crippen LogP contribution >= 0.6 is 35.6 Å². The van der Waals surface area contributed by atoms with Crippen LogP contribution in [0.15, 0.2) is 29.3 Å². The summed E-state index contributed by atoms with van der Waals surface area (Å²) in [4.78, 5) is 9.52. The topological polar surface area (TPSA) is 42.9 Å². The lowest BCUT2D eigenvalue weighted by atomic mass is 9.96. The number of guanidine groups is 1. The molecule has 1 saturated heterocycles. The van der Waals surface area contributed by atoms with Crippen molar-refractivity contribution in [3.05, 3.63) is 34.9 Å². The van der Waals surface area contributed by atoms with E-state index < -0.39 is 0 Å². The Hall–Kier alpha value is -0.570. The molecule has 0 spiro atoms. The minimum atomic E-state index is 0. The maximum absolute atomic E-state index is 6.18. The minimum absolute atomic E-state index is 0. The standard InChI is InChI=1S/C22H36ClN5.HI/c1-3-27-13-15-28(16-14-27)12-5-4-11-25-21(24-2)26-18-22(9-10-22)19-7-6-8-20(23)17-19;/h6-8,17H,3-5,9-16,18H2,1-2H3,(H2,24,25,26);1H. The number of rotatable bonds is 9. The molecule has 0 bridgehead atoms. The highest BCUT2D eigenvalue weighted by atomic mass is 127. The highest BCUT2D eigenvalue weighted by molar-refractivity contribution is 14.0. The second-order valence-corrected chi connectivity index (χ2v) is 8.56. The number of benzene rings is 1. The van der Waals surface area contributed by atoms with E-state index >= 15 is 0 Å². The molecule has 164 valence electrons. The minimum Gasteiger partial charge on any atom is -0.356 e. The van der Waals surface area contributed by atoms with E-state index in [1.165, 1.54) is 70.5 Å². The van der Waals surface area contributed by atoms with Crippen molar-refractivity contribution in [2.24, 2.45) is 4.99 Å². The Morgan fingerprint density at radius 2 is 1.83 bits per heavy atom. The fourth-order valence-electron chi connectivity index (χ4n) is 4.01. The monoisotopic (exact) mass is 533 g/mol. The lowest BCUT2D eigenvalue weighted by Gasteiger charge is -2.34. The molecule has 5 nitrogen and oxygen atoms in total. The first kappa shape index (κ1) is 24.7. The third kappa shape index (κ3) is 7.56. The van der Waals surface area contributed by atoms with E-state index in [2.05, 4.69) is 44.5 Å². The lowest BCUT2D eigenvalue weighted by molar-refractivity contribution is 0.136. The fourth-order valence-corrected chi connectivity index (χ4v) is 4.20. The molecule has 2 N–H and O–H groups in total. The number of halogens is 2. The van der Waals surface area contributed by atoms with Crippen LogP contribution in [-0.4, -0.2) is 75.2 Å². The Bertz CT molecular complexity index is 642. The average Bonchev–Trinajstić information content (AvgIpc) is 3.52. The van der Waals surface area contributed by atoms with E-state index in [1.54, 1.807) is 0 Å². The highest BCUT2D eigenvalue weighted by Gasteiger charge is 2.44. The molecule has 3 rings (SSSR count). The number of nitrogens with one attached hydrogen (secondary N) is 2. The van der Waals surface area contributed by atoms with Crippen molar-refractivity contribution >= 4 is 41.5 Å². The number of unbranched alkanes of at least 4 members (excludes halogenated alkanes) is 1. The summed E-state index contributed by atoms with van der Waals surface area (Å²) in [6.07, 6.45) is 4.84. The van der Waals surface area contributed by atoms with Crippen molar-refractivity contribution < 1.29 is 0 Å². The Morgan fingerprint density at radius 1 is 1.10 bits per heavy atom. The zero-order chi connectivity index (χ0) is 19.8.